The zero-order valence-electron chi connectivity index (χ0n) is 11.8. The Kier molecular flexibility index (Phi) is 4.26. The van der Waals surface area contributed by atoms with Gasteiger partial charge in [-0.3, -0.25) is 0 Å². The van der Waals surface area contributed by atoms with Crippen molar-refractivity contribution in [2.75, 3.05) is 38.6 Å². The molecule has 1 aromatic rings. The number of nitrogens with zero attached hydrogens (tertiary/aromatic N) is 3. The van der Waals surface area contributed by atoms with Crippen molar-refractivity contribution in [1.82, 2.24) is 4.90 Å². The van der Waals surface area contributed by atoms with Crippen molar-refractivity contribution >= 4 is 11.7 Å². The predicted octanol–water partition coefficient (Wildman–Crippen LogP) is 1.64. The van der Waals surface area contributed by atoms with Crippen LogP contribution in [0.4, 0.5) is 5.69 Å². The summed E-state index contributed by atoms with van der Waals surface area (Å²) in [6.45, 7) is 3.06. The SMILES string of the molecule is CN1CCC(CN(C)c2ccc(C(=O)O)cc2C#N)C1. The monoisotopic (exact) mass is 273 g/mol. The number of carboxylic acids is 1. The minimum atomic E-state index is -1.01. The van der Waals surface area contributed by atoms with E-state index in [1.807, 2.05) is 11.9 Å². The first-order valence-corrected chi connectivity index (χ1v) is 6.68. The lowest BCUT2D eigenvalue weighted by Gasteiger charge is -2.24. The number of hydrogen-bond acceptors (Lipinski definition) is 4. The van der Waals surface area contributed by atoms with Crippen LogP contribution in [0.1, 0.15) is 22.3 Å². The second kappa shape index (κ2) is 5.93. The topological polar surface area (TPSA) is 67.6 Å². The Hall–Kier alpha value is -2.06. The molecule has 0 spiro atoms. The Morgan fingerprint density at radius 2 is 2.35 bits per heavy atom. The van der Waals surface area contributed by atoms with Crippen LogP contribution in [0.5, 0.6) is 0 Å². The number of benzene rings is 1. The second-order valence-electron chi connectivity index (χ2n) is 5.45. The van der Waals surface area contributed by atoms with E-state index < -0.39 is 5.97 Å². The predicted molar refractivity (Wildman–Crippen MR) is 77.0 cm³/mol. The van der Waals surface area contributed by atoms with Crippen LogP contribution in [0.2, 0.25) is 0 Å². The van der Waals surface area contributed by atoms with E-state index in [0.717, 1.165) is 31.7 Å². The molecule has 2 rings (SSSR count). The standard InChI is InChI=1S/C15H19N3O2/c1-17-6-5-11(9-17)10-18(2)14-4-3-12(15(19)20)7-13(14)8-16/h3-4,7,11H,5-6,9-10H2,1-2H3,(H,19,20). The molecule has 1 aliphatic rings. The van der Waals surface area contributed by atoms with Gasteiger partial charge in [0.25, 0.3) is 0 Å². The van der Waals surface area contributed by atoms with Crippen molar-refractivity contribution in [3.8, 4) is 6.07 Å². The average molecular weight is 273 g/mol. The lowest BCUT2D eigenvalue weighted by molar-refractivity contribution is 0.0697. The number of likely N-dealkylation sites (tertiary alicyclic amines) is 1. The third kappa shape index (κ3) is 3.09. The number of carboxylic acid groups (broad SMARTS) is 1. The van der Waals surface area contributed by atoms with Crippen LogP contribution in [-0.4, -0.2) is 49.7 Å². The van der Waals surface area contributed by atoms with E-state index in [1.54, 1.807) is 12.1 Å². The Bertz CT molecular complexity index is 551. The summed E-state index contributed by atoms with van der Waals surface area (Å²) in [7, 11) is 4.07. The van der Waals surface area contributed by atoms with Gasteiger partial charge in [-0.15, -0.1) is 0 Å². The average Bonchev–Trinajstić information content (AvgIpc) is 2.83. The summed E-state index contributed by atoms with van der Waals surface area (Å²) >= 11 is 0. The second-order valence-corrected chi connectivity index (χ2v) is 5.45. The van der Waals surface area contributed by atoms with Gasteiger partial charge in [-0.05, 0) is 44.1 Å². The Labute approximate surface area is 119 Å². The van der Waals surface area contributed by atoms with Crippen LogP contribution in [0.25, 0.3) is 0 Å². The maximum atomic E-state index is 10.9. The first-order valence-electron chi connectivity index (χ1n) is 6.68. The summed E-state index contributed by atoms with van der Waals surface area (Å²) in [5.74, 6) is -0.413. The van der Waals surface area contributed by atoms with E-state index in [2.05, 4.69) is 18.0 Å². The maximum Gasteiger partial charge on any atom is 0.335 e. The van der Waals surface area contributed by atoms with E-state index in [4.69, 9.17) is 5.11 Å². The maximum absolute atomic E-state index is 10.9. The molecule has 1 saturated heterocycles. The minimum absolute atomic E-state index is 0.152. The lowest BCUT2D eigenvalue weighted by Crippen LogP contribution is -2.27. The van der Waals surface area contributed by atoms with Gasteiger partial charge in [-0.2, -0.15) is 5.26 Å². The molecule has 1 unspecified atom stereocenters. The number of carbonyl (C=O) groups is 1. The third-order valence-electron chi connectivity index (χ3n) is 3.80. The Balaban J connectivity index is 2.15. The van der Waals surface area contributed by atoms with Gasteiger partial charge in [0.1, 0.15) is 6.07 Å². The van der Waals surface area contributed by atoms with Gasteiger partial charge in [0.15, 0.2) is 0 Å². The number of hydrogen-bond donors (Lipinski definition) is 1. The lowest BCUT2D eigenvalue weighted by atomic mass is 10.1. The molecule has 106 valence electrons. The van der Waals surface area contributed by atoms with E-state index in [0.29, 0.717) is 11.5 Å². The molecule has 20 heavy (non-hydrogen) atoms. The zero-order chi connectivity index (χ0) is 14.7. The molecule has 1 atom stereocenters. The molecular formula is C15H19N3O2. The number of nitriles is 1. The Morgan fingerprint density at radius 3 is 2.90 bits per heavy atom. The molecule has 0 aliphatic carbocycles. The fourth-order valence-electron chi connectivity index (χ4n) is 2.75. The van der Waals surface area contributed by atoms with Gasteiger partial charge in [0.2, 0.25) is 0 Å². The molecule has 5 nitrogen and oxygen atoms in total. The normalized spacial score (nSPS) is 18.8. The van der Waals surface area contributed by atoms with Crippen LogP contribution >= 0.6 is 0 Å². The number of anilines is 1. The highest BCUT2D eigenvalue weighted by molar-refractivity contribution is 5.89. The van der Waals surface area contributed by atoms with Crippen molar-refractivity contribution in [2.24, 2.45) is 5.92 Å². The van der Waals surface area contributed by atoms with Crippen LogP contribution in [0, 0.1) is 17.2 Å². The Morgan fingerprint density at radius 1 is 1.60 bits per heavy atom. The van der Waals surface area contributed by atoms with Crippen LogP contribution in [0.15, 0.2) is 18.2 Å². The summed E-state index contributed by atoms with van der Waals surface area (Å²) in [5.41, 5.74) is 1.37. The molecule has 1 aliphatic heterocycles. The van der Waals surface area contributed by atoms with E-state index in [1.165, 1.54) is 6.07 Å². The first-order chi connectivity index (χ1) is 9.51. The zero-order valence-corrected chi connectivity index (χ0v) is 11.8. The highest BCUT2D eigenvalue weighted by Gasteiger charge is 2.22. The minimum Gasteiger partial charge on any atom is -0.478 e. The molecule has 1 heterocycles. The molecule has 1 N–H and O–H groups in total. The largest absolute Gasteiger partial charge is 0.478 e. The first kappa shape index (κ1) is 14.4. The fraction of sp³-hybridized carbons (Fsp3) is 0.467. The van der Waals surface area contributed by atoms with Gasteiger partial charge in [-0.25, -0.2) is 4.79 Å². The van der Waals surface area contributed by atoms with Gasteiger partial charge >= 0.3 is 5.97 Å². The summed E-state index contributed by atoms with van der Waals surface area (Å²) in [4.78, 5) is 15.3. The highest BCUT2D eigenvalue weighted by atomic mass is 16.4. The molecular weight excluding hydrogens is 254 g/mol. The molecule has 0 radical (unpaired) electrons. The molecule has 0 saturated carbocycles. The molecule has 5 heteroatoms. The summed E-state index contributed by atoms with van der Waals surface area (Å²) < 4.78 is 0. The van der Waals surface area contributed by atoms with E-state index in [-0.39, 0.29) is 5.56 Å². The molecule has 0 amide bonds. The van der Waals surface area contributed by atoms with Gasteiger partial charge in [0.05, 0.1) is 16.8 Å². The van der Waals surface area contributed by atoms with Crippen molar-refractivity contribution in [1.29, 1.82) is 5.26 Å². The molecule has 1 aromatic carbocycles. The third-order valence-corrected chi connectivity index (χ3v) is 3.80. The fourth-order valence-corrected chi connectivity index (χ4v) is 2.75. The van der Waals surface area contributed by atoms with Crippen LogP contribution < -0.4 is 4.90 Å². The van der Waals surface area contributed by atoms with Crippen LogP contribution in [0.3, 0.4) is 0 Å². The molecule has 0 bridgehead atoms. The van der Waals surface area contributed by atoms with Crippen molar-refractivity contribution in [2.45, 2.75) is 6.42 Å². The summed E-state index contributed by atoms with van der Waals surface area (Å²) in [5, 5.41) is 18.2. The van der Waals surface area contributed by atoms with Crippen LogP contribution in [-0.2, 0) is 0 Å². The van der Waals surface area contributed by atoms with Crippen molar-refractivity contribution < 1.29 is 9.90 Å². The molecule has 1 fully saturated rings. The number of rotatable bonds is 4. The summed E-state index contributed by atoms with van der Waals surface area (Å²) in [6, 6.07) is 6.80. The smallest absolute Gasteiger partial charge is 0.335 e. The van der Waals surface area contributed by atoms with Gasteiger partial charge in [0, 0.05) is 20.1 Å². The quantitative estimate of drug-likeness (QED) is 0.903. The molecule has 0 aromatic heterocycles. The summed E-state index contributed by atoms with van der Waals surface area (Å²) in [6.07, 6.45) is 1.16. The van der Waals surface area contributed by atoms with E-state index in [9.17, 15) is 10.1 Å². The van der Waals surface area contributed by atoms with Crippen molar-refractivity contribution in [3.63, 3.8) is 0 Å². The highest BCUT2D eigenvalue weighted by Crippen LogP contribution is 2.23. The number of aromatic carboxylic acids is 1. The van der Waals surface area contributed by atoms with Gasteiger partial charge in [-0.1, -0.05) is 0 Å². The van der Waals surface area contributed by atoms with Crippen molar-refractivity contribution in [3.05, 3.63) is 29.3 Å². The van der Waals surface area contributed by atoms with E-state index >= 15 is 0 Å². The van der Waals surface area contributed by atoms with Gasteiger partial charge < -0.3 is 14.9 Å².